The van der Waals surface area contributed by atoms with Crippen molar-refractivity contribution >= 4 is 39.7 Å². The highest BCUT2D eigenvalue weighted by Crippen LogP contribution is 2.27. The van der Waals surface area contributed by atoms with Crippen molar-refractivity contribution in [1.29, 1.82) is 0 Å². The van der Waals surface area contributed by atoms with Crippen molar-refractivity contribution in [3.05, 3.63) is 17.0 Å². The van der Waals surface area contributed by atoms with Crippen molar-refractivity contribution < 1.29 is 13.2 Å². The summed E-state index contributed by atoms with van der Waals surface area (Å²) < 4.78 is 27.3. The van der Waals surface area contributed by atoms with E-state index in [4.69, 9.17) is 0 Å². The Morgan fingerprint density at radius 1 is 1.24 bits per heavy atom. The Labute approximate surface area is 160 Å². The minimum Gasteiger partial charge on any atom is -0.340 e. The van der Waals surface area contributed by atoms with Gasteiger partial charge < -0.3 is 10.2 Å². The molecule has 0 saturated carbocycles. The molecule has 0 radical (unpaired) electrons. The number of amides is 1. The number of halogens is 1. The van der Waals surface area contributed by atoms with E-state index in [0.29, 0.717) is 36.4 Å². The summed E-state index contributed by atoms with van der Waals surface area (Å²) in [5.74, 6) is 0.0760. The van der Waals surface area contributed by atoms with Gasteiger partial charge >= 0.3 is 0 Å². The molecule has 2 aliphatic heterocycles. The molecule has 1 aromatic rings. The maximum absolute atomic E-state index is 12.7. The third kappa shape index (κ3) is 4.95. The van der Waals surface area contributed by atoms with E-state index in [1.165, 1.54) is 11.3 Å². The van der Waals surface area contributed by atoms with Crippen molar-refractivity contribution in [2.24, 2.45) is 0 Å². The van der Waals surface area contributed by atoms with Crippen molar-refractivity contribution in [2.75, 3.05) is 32.7 Å². The molecule has 0 bridgehead atoms. The van der Waals surface area contributed by atoms with Gasteiger partial charge in [0.05, 0.1) is 6.42 Å². The molecule has 3 rings (SSSR count). The van der Waals surface area contributed by atoms with Crippen LogP contribution in [0.1, 0.15) is 31.1 Å². The molecule has 1 amide bonds. The third-order valence-electron chi connectivity index (χ3n) is 4.59. The molecule has 0 spiro atoms. The average molecular weight is 408 g/mol. The van der Waals surface area contributed by atoms with Crippen LogP contribution in [-0.2, 0) is 21.2 Å². The number of nitrogens with zero attached hydrogens (tertiary/aromatic N) is 2. The molecule has 9 heteroatoms. The zero-order chi connectivity index (χ0) is 17.2. The van der Waals surface area contributed by atoms with Gasteiger partial charge in [0, 0.05) is 43.6 Å². The molecule has 142 valence electrons. The van der Waals surface area contributed by atoms with E-state index in [9.17, 15) is 13.2 Å². The van der Waals surface area contributed by atoms with Gasteiger partial charge in [0.15, 0.2) is 0 Å². The summed E-state index contributed by atoms with van der Waals surface area (Å²) >= 11 is 1.23. The van der Waals surface area contributed by atoms with E-state index >= 15 is 0 Å². The van der Waals surface area contributed by atoms with E-state index in [-0.39, 0.29) is 24.7 Å². The van der Waals surface area contributed by atoms with E-state index in [0.717, 1.165) is 30.7 Å². The number of sulfonamides is 1. The lowest BCUT2D eigenvalue weighted by Crippen LogP contribution is -2.51. The molecule has 0 aromatic carbocycles. The Morgan fingerprint density at radius 2 is 1.96 bits per heavy atom. The van der Waals surface area contributed by atoms with E-state index in [1.54, 1.807) is 16.4 Å². The first-order chi connectivity index (χ1) is 11.5. The smallest absolute Gasteiger partial charge is 0.252 e. The molecule has 6 nitrogen and oxygen atoms in total. The van der Waals surface area contributed by atoms with E-state index < -0.39 is 10.0 Å². The van der Waals surface area contributed by atoms with Gasteiger partial charge in [0.25, 0.3) is 10.0 Å². The van der Waals surface area contributed by atoms with Gasteiger partial charge in [-0.1, -0.05) is 6.42 Å². The number of hydrogen-bond acceptors (Lipinski definition) is 5. The average Bonchev–Trinajstić information content (AvgIpc) is 3.05. The molecule has 2 fully saturated rings. The lowest BCUT2D eigenvalue weighted by atomic mass is 10.2. The van der Waals surface area contributed by atoms with Crippen molar-refractivity contribution in [3.63, 3.8) is 0 Å². The second-order valence-electron chi connectivity index (χ2n) is 6.56. The van der Waals surface area contributed by atoms with Crippen LogP contribution in [-0.4, -0.2) is 62.3 Å². The number of hydrogen-bond donors (Lipinski definition) is 1. The zero-order valence-corrected chi connectivity index (χ0v) is 16.9. The quantitative estimate of drug-likeness (QED) is 0.824. The Bertz CT molecular complexity index is 687. The Hall–Kier alpha value is -0.670. The lowest BCUT2D eigenvalue weighted by molar-refractivity contribution is -0.131. The van der Waals surface area contributed by atoms with Gasteiger partial charge in [-0.3, -0.25) is 4.79 Å². The van der Waals surface area contributed by atoms with Crippen molar-refractivity contribution in [1.82, 2.24) is 14.5 Å². The van der Waals surface area contributed by atoms with Crippen LogP contribution in [0.5, 0.6) is 0 Å². The van der Waals surface area contributed by atoms with Gasteiger partial charge in [-0.05, 0) is 31.9 Å². The molecule has 3 heterocycles. The lowest BCUT2D eigenvalue weighted by Gasteiger charge is -2.31. The predicted octanol–water partition coefficient (Wildman–Crippen LogP) is 1.71. The topological polar surface area (TPSA) is 69.7 Å². The Balaban J connectivity index is 0.00000225. The summed E-state index contributed by atoms with van der Waals surface area (Å²) in [5, 5.41) is 3.31. The first-order valence-corrected chi connectivity index (χ1v) is 10.8. The van der Waals surface area contributed by atoms with Crippen molar-refractivity contribution in [2.45, 2.75) is 42.9 Å². The number of carbonyl (C=O) groups excluding carboxylic acids is 1. The van der Waals surface area contributed by atoms with Gasteiger partial charge in [0.2, 0.25) is 5.91 Å². The molecular weight excluding hydrogens is 382 g/mol. The summed E-state index contributed by atoms with van der Waals surface area (Å²) in [5.41, 5.74) is 0. The number of carbonyl (C=O) groups is 1. The van der Waals surface area contributed by atoms with Crippen LogP contribution >= 0.6 is 23.7 Å². The summed E-state index contributed by atoms with van der Waals surface area (Å²) in [6.07, 6.45) is 3.24. The fraction of sp³-hybridized carbons (Fsp3) is 0.688. The number of piperazine rings is 1. The van der Waals surface area contributed by atoms with Crippen LogP contribution in [0.15, 0.2) is 16.3 Å². The molecule has 1 atom stereocenters. The van der Waals surface area contributed by atoms with E-state index in [1.807, 2.05) is 4.90 Å². The molecule has 2 saturated heterocycles. The second kappa shape index (κ2) is 8.81. The van der Waals surface area contributed by atoms with Gasteiger partial charge in [-0.15, -0.1) is 23.7 Å². The largest absolute Gasteiger partial charge is 0.340 e. The van der Waals surface area contributed by atoms with Crippen LogP contribution in [0.3, 0.4) is 0 Å². The maximum Gasteiger partial charge on any atom is 0.252 e. The minimum absolute atomic E-state index is 0. The number of nitrogens with one attached hydrogen (secondary N) is 1. The highest BCUT2D eigenvalue weighted by Gasteiger charge is 2.28. The molecule has 1 N–H and O–H groups in total. The van der Waals surface area contributed by atoms with Crippen LogP contribution in [0.2, 0.25) is 0 Å². The zero-order valence-electron chi connectivity index (χ0n) is 14.4. The standard InChI is InChI=1S/C16H25N3O3S2.ClH/c1-13-12-18(10-7-17-13)15(20)11-14-5-6-16(23-14)24(21,22)19-8-3-2-4-9-19;/h5-6,13,17H,2-4,7-12H2,1H3;1H. The first-order valence-electron chi connectivity index (χ1n) is 8.57. The highest BCUT2D eigenvalue weighted by atomic mass is 35.5. The summed E-state index contributed by atoms with van der Waals surface area (Å²) in [4.78, 5) is 15.1. The summed E-state index contributed by atoms with van der Waals surface area (Å²) in [6.45, 7) is 5.51. The monoisotopic (exact) mass is 407 g/mol. The van der Waals surface area contributed by atoms with Gasteiger partial charge in [-0.25, -0.2) is 8.42 Å². The third-order valence-corrected chi connectivity index (χ3v) is 8.04. The first kappa shape index (κ1) is 20.6. The van der Waals surface area contributed by atoms with Crippen LogP contribution in [0.4, 0.5) is 0 Å². The maximum atomic E-state index is 12.7. The van der Waals surface area contributed by atoms with Crippen molar-refractivity contribution in [3.8, 4) is 0 Å². The normalized spacial score (nSPS) is 22.4. The summed E-state index contributed by atoms with van der Waals surface area (Å²) in [6, 6.07) is 3.74. The highest BCUT2D eigenvalue weighted by molar-refractivity contribution is 7.91. The molecular formula is C16H26ClN3O3S2. The fourth-order valence-electron chi connectivity index (χ4n) is 3.24. The van der Waals surface area contributed by atoms with E-state index in [2.05, 4.69) is 12.2 Å². The second-order valence-corrected chi connectivity index (χ2v) is 9.89. The fourth-order valence-corrected chi connectivity index (χ4v) is 6.26. The molecule has 1 aromatic heterocycles. The molecule has 1 unspecified atom stereocenters. The molecule has 0 aliphatic carbocycles. The van der Waals surface area contributed by atoms with Gasteiger partial charge in [0.1, 0.15) is 4.21 Å². The Kier molecular flexibility index (Phi) is 7.28. The van der Waals surface area contributed by atoms with Crippen LogP contribution < -0.4 is 5.32 Å². The SMILES string of the molecule is CC1CN(C(=O)Cc2ccc(S(=O)(=O)N3CCCCC3)s2)CCN1.Cl. The van der Waals surface area contributed by atoms with Crippen LogP contribution in [0, 0.1) is 0 Å². The van der Waals surface area contributed by atoms with Gasteiger partial charge in [-0.2, -0.15) is 4.31 Å². The number of piperidine rings is 1. The minimum atomic E-state index is -3.39. The Morgan fingerprint density at radius 3 is 2.64 bits per heavy atom. The molecule has 2 aliphatic rings. The van der Waals surface area contributed by atoms with Crippen LogP contribution in [0.25, 0.3) is 0 Å². The number of thiophene rings is 1. The molecule has 25 heavy (non-hydrogen) atoms. The predicted molar refractivity (Wildman–Crippen MR) is 102 cm³/mol. The summed E-state index contributed by atoms with van der Waals surface area (Å²) in [7, 11) is -3.39. The number of rotatable bonds is 4.